The lowest BCUT2D eigenvalue weighted by Crippen LogP contribution is -2.08. The molecular weight excluding hydrogens is 219 g/mol. The zero-order valence-corrected chi connectivity index (χ0v) is 9.70. The maximum absolute atomic E-state index is 13.7. The van der Waals surface area contributed by atoms with Crippen LogP contribution in [0, 0.1) is 5.82 Å². The highest BCUT2D eigenvalue weighted by Crippen LogP contribution is 2.12. The molecule has 17 heavy (non-hydrogen) atoms. The van der Waals surface area contributed by atoms with Crippen LogP contribution in [-0.2, 0) is 6.54 Å². The van der Waals surface area contributed by atoms with Crippen molar-refractivity contribution < 1.29 is 13.8 Å². The number of nitrogens with zero attached hydrogens (tertiary/aromatic N) is 2. The predicted octanol–water partition coefficient (Wildman–Crippen LogP) is 2.16. The second-order valence-corrected chi connectivity index (χ2v) is 3.93. The second kappa shape index (κ2) is 4.44. The quantitative estimate of drug-likeness (QED) is 0.579. The van der Waals surface area contributed by atoms with Gasteiger partial charge in [-0.3, -0.25) is 4.79 Å². The molecule has 0 atom stereocenters. The highest BCUT2D eigenvalue weighted by atomic mass is 19.1. The number of rotatable bonds is 3. The van der Waals surface area contributed by atoms with Gasteiger partial charge in [-0.2, -0.15) is 4.58 Å². The normalized spacial score (nSPS) is 13.6. The Kier molecular flexibility index (Phi) is 2.98. The maximum Gasteiger partial charge on any atom is 0.295 e. The highest BCUT2D eigenvalue weighted by Gasteiger charge is 2.12. The Labute approximate surface area is 98.6 Å². The van der Waals surface area contributed by atoms with Gasteiger partial charge in [-0.25, -0.2) is 4.39 Å². The summed E-state index contributed by atoms with van der Waals surface area (Å²) in [5, 5.41) is 0. The van der Waals surface area contributed by atoms with E-state index in [4.69, 9.17) is 0 Å². The van der Waals surface area contributed by atoms with Gasteiger partial charge in [0.25, 0.3) is 6.34 Å². The summed E-state index contributed by atoms with van der Waals surface area (Å²) >= 11 is 0. The van der Waals surface area contributed by atoms with Crippen molar-refractivity contribution in [1.29, 1.82) is 0 Å². The average molecular weight is 231 g/mol. The Morgan fingerprint density at radius 3 is 2.82 bits per heavy atom. The first-order chi connectivity index (χ1) is 8.06. The summed E-state index contributed by atoms with van der Waals surface area (Å²) in [4.78, 5) is 15.1. The van der Waals surface area contributed by atoms with Crippen molar-refractivity contribution in [1.82, 2.24) is 0 Å². The van der Waals surface area contributed by atoms with E-state index in [2.05, 4.69) is 10.9 Å². The molecule has 1 aromatic carbocycles. The predicted molar refractivity (Wildman–Crippen MR) is 63.1 cm³/mol. The van der Waals surface area contributed by atoms with E-state index in [9.17, 15) is 9.18 Å². The molecule has 0 aromatic heterocycles. The fourth-order valence-corrected chi connectivity index (χ4v) is 1.58. The summed E-state index contributed by atoms with van der Waals surface area (Å²) in [6.07, 6.45) is 1.60. The summed E-state index contributed by atoms with van der Waals surface area (Å²) in [7, 11) is 0. The molecule has 0 saturated heterocycles. The molecule has 0 spiro atoms. The maximum atomic E-state index is 13.7. The number of hydrogen-bond donors (Lipinski definition) is 0. The van der Waals surface area contributed by atoms with Crippen LogP contribution in [0.1, 0.15) is 29.8 Å². The third kappa shape index (κ3) is 2.55. The van der Waals surface area contributed by atoms with Crippen molar-refractivity contribution in [2.45, 2.75) is 20.4 Å². The molecule has 86 valence electrons. The lowest BCUT2D eigenvalue weighted by Gasteiger charge is -2.02. The number of Topliss-reactive ketones (excluding diaryl/α,β-unsaturated/α-hetero) is 1. The van der Waals surface area contributed by atoms with Crippen LogP contribution in [0.2, 0.25) is 0 Å². The van der Waals surface area contributed by atoms with Gasteiger partial charge in [-0.15, -0.1) is 0 Å². The zero-order valence-electron chi connectivity index (χ0n) is 9.70. The smallest absolute Gasteiger partial charge is 0.295 e. The van der Waals surface area contributed by atoms with Crippen LogP contribution < -0.4 is 0 Å². The van der Waals surface area contributed by atoms with Crippen molar-refractivity contribution in [3.8, 4) is 0 Å². The van der Waals surface area contributed by atoms with Crippen molar-refractivity contribution >= 4 is 18.0 Å². The van der Waals surface area contributed by atoms with Crippen LogP contribution in [-0.4, -0.2) is 22.6 Å². The van der Waals surface area contributed by atoms with Crippen LogP contribution in [0.15, 0.2) is 28.9 Å². The van der Waals surface area contributed by atoms with Gasteiger partial charge >= 0.3 is 0 Å². The zero-order chi connectivity index (χ0) is 12.4. The number of aliphatic imine (C=N–C) groups is 1. The number of carbonyl (C=O) groups is 1. The Balaban J connectivity index is 2.27. The lowest BCUT2D eigenvalue weighted by atomic mass is 10.1. The van der Waals surface area contributed by atoms with Gasteiger partial charge in [-0.05, 0) is 18.0 Å². The van der Waals surface area contributed by atoms with Crippen molar-refractivity contribution in [2.75, 3.05) is 0 Å². The molecule has 0 aliphatic carbocycles. The first kappa shape index (κ1) is 11.4. The monoisotopic (exact) mass is 231 g/mol. The fourth-order valence-electron chi connectivity index (χ4n) is 1.58. The molecule has 0 unspecified atom stereocenters. The Bertz CT molecular complexity index is 581. The van der Waals surface area contributed by atoms with Gasteiger partial charge in [-0.1, -0.05) is 12.1 Å². The molecule has 2 rings (SSSR count). The standard InChI is InChI=1S/C13H12FN2O/c1-9-6-16(8-15-9)7-12-4-3-11(10(2)17)5-13(12)14/h3-5,8H,7H2,1-2H3/q+1. The molecule has 1 heterocycles. The van der Waals surface area contributed by atoms with E-state index in [1.165, 1.54) is 13.0 Å². The topological polar surface area (TPSA) is 32.4 Å². The molecule has 3 nitrogen and oxygen atoms in total. The summed E-state index contributed by atoms with van der Waals surface area (Å²) in [6.45, 7) is 3.61. The lowest BCUT2D eigenvalue weighted by molar-refractivity contribution is -0.406. The number of hydrogen-bond acceptors (Lipinski definition) is 2. The van der Waals surface area contributed by atoms with Crippen molar-refractivity contribution in [3.05, 3.63) is 40.8 Å². The summed E-state index contributed by atoms with van der Waals surface area (Å²) in [5.74, 6) is 2.45. The van der Waals surface area contributed by atoms with E-state index in [0.29, 0.717) is 17.7 Å². The fraction of sp³-hybridized carbons (Fsp3) is 0.231. The van der Waals surface area contributed by atoms with Crippen LogP contribution in [0.3, 0.4) is 0 Å². The number of benzene rings is 1. The van der Waals surface area contributed by atoms with Crippen LogP contribution >= 0.6 is 0 Å². The van der Waals surface area contributed by atoms with E-state index in [0.717, 1.165) is 5.70 Å². The minimum atomic E-state index is -0.377. The van der Waals surface area contributed by atoms with Gasteiger partial charge in [0.05, 0.1) is 0 Å². The number of halogens is 1. The van der Waals surface area contributed by atoms with E-state index in [1.807, 2.05) is 6.92 Å². The second-order valence-electron chi connectivity index (χ2n) is 3.93. The molecule has 0 N–H and O–H groups in total. The summed E-state index contributed by atoms with van der Waals surface area (Å²) in [5.41, 5.74) is 1.67. The van der Waals surface area contributed by atoms with Gasteiger partial charge < -0.3 is 0 Å². The van der Waals surface area contributed by atoms with Crippen LogP contribution in [0.25, 0.3) is 0 Å². The first-order valence-electron chi connectivity index (χ1n) is 5.26. The Morgan fingerprint density at radius 2 is 2.29 bits per heavy atom. The molecule has 1 aliphatic rings. The minimum Gasteiger partial charge on any atom is -0.295 e. The first-order valence-corrected chi connectivity index (χ1v) is 5.26. The van der Waals surface area contributed by atoms with Crippen molar-refractivity contribution in [2.24, 2.45) is 4.99 Å². The van der Waals surface area contributed by atoms with Gasteiger partial charge in [0.2, 0.25) is 5.70 Å². The average Bonchev–Trinajstić information content (AvgIpc) is 2.67. The Morgan fingerprint density at radius 1 is 1.53 bits per heavy atom. The van der Waals surface area contributed by atoms with Crippen LogP contribution in [0.4, 0.5) is 4.39 Å². The van der Waals surface area contributed by atoms with E-state index >= 15 is 0 Å². The molecule has 0 amide bonds. The third-order valence-electron chi connectivity index (χ3n) is 2.50. The largest absolute Gasteiger partial charge is 0.295 e. The molecule has 4 heteroatoms. The van der Waals surface area contributed by atoms with E-state index < -0.39 is 0 Å². The highest BCUT2D eigenvalue weighted by molar-refractivity contribution is 5.94. The van der Waals surface area contributed by atoms with E-state index in [1.54, 1.807) is 23.0 Å². The molecule has 1 aliphatic heterocycles. The number of carbonyl (C=O) groups excluding carboxylic acids is 1. The van der Waals surface area contributed by atoms with E-state index in [-0.39, 0.29) is 11.6 Å². The van der Waals surface area contributed by atoms with Crippen LogP contribution in [0.5, 0.6) is 0 Å². The van der Waals surface area contributed by atoms with Gasteiger partial charge in [0.1, 0.15) is 18.2 Å². The minimum absolute atomic E-state index is 0.138. The molecule has 0 bridgehead atoms. The number of ketones is 1. The third-order valence-corrected chi connectivity index (χ3v) is 2.50. The molecule has 1 aromatic rings. The van der Waals surface area contributed by atoms with Gasteiger partial charge in [0.15, 0.2) is 5.78 Å². The number of allylic oxidation sites excluding steroid dienone is 1. The molecule has 0 saturated carbocycles. The summed E-state index contributed by atoms with van der Waals surface area (Å²) in [6, 6.07) is 4.52. The SMILES string of the molecule is CC(=O)c1ccc(C[N+]2=C=C(C)N=C2)c(F)c1. The summed E-state index contributed by atoms with van der Waals surface area (Å²) < 4.78 is 15.4. The van der Waals surface area contributed by atoms with Crippen molar-refractivity contribution in [3.63, 3.8) is 0 Å². The molecule has 0 fully saturated rings. The molecular formula is C13H12FN2O+. The molecule has 0 radical (unpaired) electrons. The Hall–Kier alpha value is -2.06. The van der Waals surface area contributed by atoms with Gasteiger partial charge in [0, 0.05) is 18.1 Å².